The van der Waals surface area contributed by atoms with Gasteiger partial charge >= 0.3 is 0 Å². The van der Waals surface area contributed by atoms with Crippen molar-refractivity contribution in [3.8, 4) is 5.75 Å². The lowest BCUT2D eigenvalue weighted by Crippen LogP contribution is -2.36. The third-order valence-electron chi connectivity index (χ3n) is 2.26. The van der Waals surface area contributed by atoms with E-state index in [4.69, 9.17) is 9.84 Å². The summed E-state index contributed by atoms with van der Waals surface area (Å²) in [5, 5.41) is 8.75. The van der Waals surface area contributed by atoms with E-state index in [2.05, 4.69) is 0 Å². The van der Waals surface area contributed by atoms with E-state index in [0.717, 1.165) is 0 Å². The smallest absolute Gasteiger partial charge is 0.260 e. The Morgan fingerprint density at radius 3 is 2.88 bits per heavy atom. The highest BCUT2D eigenvalue weighted by Gasteiger charge is 2.11. The van der Waals surface area contributed by atoms with Gasteiger partial charge in [-0.15, -0.1) is 0 Å². The molecule has 0 aromatic heterocycles. The molecule has 4 nitrogen and oxygen atoms in total. The quantitative estimate of drug-likeness (QED) is 0.809. The van der Waals surface area contributed by atoms with Crippen molar-refractivity contribution >= 4 is 5.91 Å². The van der Waals surface area contributed by atoms with Gasteiger partial charge in [0, 0.05) is 19.2 Å². The fraction of sp³-hybridized carbons (Fsp3) is 0.417. The second-order valence-corrected chi connectivity index (χ2v) is 3.44. The molecule has 0 heterocycles. The number of rotatable bonds is 6. The Kier molecular flexibility index (Phi) is 5.42. The van der Waals surface area contributed by atoms with Crippen LogP contribution >= 0.6 is 0 Å². The van der Waals surface area contributed by atoms with Crippen LogP contribution in [0.4, 0.5) is 4.39 Å². The van der Waals surface area contributed by atoms with Crippen LogP contribution in [0.25, 0.3) is 0 Å². The summed E-state index contributed by atoms with van der Waals surface area (Å²) in [6.45, 7) is 2.36. The molecule has 0 aliphatic rings. The summed E-state index contributed by atoms with van der Waals surface area (Å²) in [7, 11) is 0. The van der Waals surface area contributed by atoms with E-state index >= 15 is 0 Å². The number of halogens is 1. The molecular formula is C12H16FNO3. The monoisotopic (exact) mass is 241 g/mol. The Bertz CT molecular complexity index is 371. The van der Waals surface area contributed by atoms with Crippen molar-refractivity contribution in [2.24, 2.45) is 0 Å². The van der Waals surface area contributed by atoms with Crippen LogP contribution in [0.5, 0.6) is 5.75 Å². The molecule has 0 bridgehead atoms. The van der Waals surface area contributed by atoms with Gasteiger partial charge in [-0.2, -0.15) is 0 Å². The third-order valence-corrected chi connectivity index (χ3v) is 2.26. The maximum absolute atomic E-state index is 12.8. The van der Waals surface area contributed by atoms with Gasteiger partial charge in [0.05, 0.1) is 6.61 Å². The van der Waals surface area contributed by atoms with Gasteiger partial charge in [0.2, 0.25) is 0 Å². The summed E-state index contributed by atoms with van der Waals surface area (Å²) >= 11 is 0. The molecule has 0 atom stereocenters. The van der Waals surface area contributed by atoms with E-state index in [1.54, 1.807) is 6.07 Å². The highest BCUT2D eigenvalue weighted by molar-refractivity contribution is 5.77. The molecule has 0 saturated heterocycles. The predicted octanol–water partition coefficient (Wildman–Crippen LogP) is 1.05. The summed E-state index contributed by atoms with van der Waals surface area (Å²) in [5.41, 5.74) is 0. The Hall–Kier alpha value is -1.62. The number of benzene rings is 1. The molecule has 0 aliphatic carbocycles. The number of carbonyl (C=O) groups is 1. The van der Waals surface area contributed by atoms with Gasteiger partial charge in [-0.1, -0.05) is 6.07 Å². The van der Waals surface area contributed by atoms with E-state index in [9.17, 15) is 9.18 Å². The minimum absolute atomic E-state index is 0.0838. The second kappa shape index (κ2) is 6.85. The van der Waals surface area contributed by atoms with Crippen molar-refractivity contribution < 1.29 is 19.0 Å². The van der Waals surface area contributed by atoms with Crippen LogP contribution in [0.1, 0.15) is 6.92 Å². The average Bonchev–Trinajstić information content (AvgIpc) is 2.33. The second-order valence-electron chi connectivity index (χ2n) is 3.44. The summed E-state index contributed by atoms with van der Waals surface area (Å²) in [6.07, 6.45) is 0. The SMILES string of the molecule is CCN(CCO)C(=O)COc1cccc(F)c1. The summed E-state index contributed by atoms with van der Waals surface area (Å²) in [5.74, 6) is -0.318. The largest absolute Gasteiger partial charge is 0.484 e. The zero-order valence-corrected chi connectivity index (χ0v) is 9.73. The molecule has 5 heteroatoms. The molecule has 94 valence electrons. The van der Waals surface area contributed by atoms with E-state index in [1.807, 2.05) is 6.92 Å². The van der Waals surface area contributed by atoms with Crippen LogP contribution in [0, 0.1) is 5.82 Å². The predicted molar refractivity (Wildman–Crippen MR) is 61.2 cm³/mol. The van der Waals surface area contributed by atoms with Gasteiger partial charge in [0.25, 0.3) is 5.91 Å². The Morgan fingerprint density at radius 2 is 2.29 bits per heavy atom. The van der Waals surface area contributed by atoms with Crippen molar-refractivity contribution in [3.63, 3.8) is 0 Å². The molecule has 0 unspecified atom stereocenters. The number of aliphatic hydroxyl groups excluding tert-OH is 1. The molecule has 0 fully saturated rings. The zero-order chi connectivity index (χ0) is 12.7. The normalized spacial score (nSPS) is 10.1. The molecule has 1 amide bonds. The first-order valence-corrected chi connectivity index (χ1v) is 5.44. The summed E-state index contributed by atoms with van der Waals surface area (Å²) < 4.78 is 18.0. The first-order valence-electron chi connectivity index (χ1n) is 5.44. The van der Waals surface area contributed by atoms with Gasteiger partial charge in [0.15, 0.2) is 6.61 Å². The van der Waals surface area contributed by atoms with Crippen LogP contribution in [0.15, 0.2) is 24.3 Å². The number of carbonyl (C=O) groups excluding carboxylic acids is 1. The number of aliphatic hydroxyl groups is 1. The molecule has 0 saturated carbocycles. The highest BCUT2D eigenvalue weighted by atomic mass is 19.1. The first kappa shape index (κ1) is 13.4. The van der Waals surface area contributed by atoms with Crippen molar-refractivity contribution in [3.05, 3.63) is 30.1 Å². The molecule has 17 heavy (non-hydrogen) atoms. The average molecular weight is 241 g/mol. The first-order chi connectivity index (χ1) is 8.17. The molecule has 0 aliphatic heterocycles. The summed E-state index contributed by atoms with van der Waals surface area (Å²) in [6, 6.07) is 5.62. The lowest BCUT2D eigenvalue weighted by molar-refractivity contribution is -0.133. The number of hydrogen-bond donors (Lipinski definition) is 1. The van der Waals surface area contributed by atoms with Crippen LogP contribution in [0.2, 0.25) is 0 Å². The Balaban J connectivity index is 2.47. The van der Waals surface area contributed by atoms with Crippen LogP contribution in [-0.2, 0) is 4.79 Å². The van der Waals surface area contributed by atoms with Crippen molar-refractivity contribution in [1.82, 2.24) is 4.90 Å². The minimum atomic E-state index is -0.405. The minimum Gasteiger partial charge on any atom is -0.484 e. The van der Waals surface area contributed by atoms with Gasteiger partial charge in [-0.05, 0) is 19.1 Å². The zero-order valence-electron chi connectivity index (χ0n) is 9.73. The fourth-order valence-electron chi connectivity index (χ4n) is 1.37. The number of likely N-dealkylation sites (N-methyl/N-ethyl adjacent to an activating group) is 1. The van der Waals surface area contributed by atoms with Gasteiger partial charge in [-0.25, -0.2) is 4.39 Å². The maximum atomic E-state index is 12.8. The lowest BCUT2D eigenvalue weighted by atomic mass is 10.3. The topological polar surface area (TPSA) is 49.8 Å². The van der Waals surface area contributed by atoms with Crippen molar-refractivity contribution in [2.75, 3.05) is 26.3 Å². The Labute approximate surface area is 99.6 Å². The van der Waals surface area contributed by atoms with Gasteiger partial charge in [-0.3, -0.25) is 4.79 Å². The third kappa shape index (κ3) is 4.40. The molecule has 1 N–H and O–H groups in total. The van der Waals surface area contributed by atoms with E-state index < -0.39 is 5.82 Å². The lowest BCUT2D eigenvalue weighted by Gasteiger charge is -2.19. The number of hydrogen-bond acceptors (Lipinski definition) is 3. The van der Waals surface area contributed by atoms with Crippen molar-refractivity contribution in [1.29, 1.82) is 0 Å². The molecule has 0 radical (unpaired) electrons. The number of nitrogens with zero attached hydrogens (tertiary/aromatic N) is 1. The molecular weight excluding hydrogens is 225 g/mol. The molecule has 1 aromatic rings. The maximum Gasteiger partial charge on any atom is 0.260 e. The molecule has 1 aromatic carbocycles. The van der Waals surface area contributed by atoms with Crippen LogP contribution in [-0.4, -0.2) is 42.2 Å². The highest BCUT2D eigenvalue weighted by Crippen LogP contribution is 2.11. The molecule has 0 spiro atoms. The standard InChI is InChI=1S/C12H16FNO3/c1-2-14(6-7-15)12(16)9-17-11-5-3-4-10(13)8-11/h3-5,8,15H,2,6-7,9H2,1H3. The van der Waals surface area contributed by atoms with E-state index in [1.165, 1.54) is 23.1 Å². The number of amides is 1. The van der Waals surface area contributed by atoms with Crippen LogP contribution in [0.3, 0.4) is 0 Å². The van der Waals surface area contributed by atoms with Gasteiger partial charge in [0.1, 0.15) is 11.6 Å². The molecule has 1 rings (SSSR count). The summed E-state index contributed by atoms with van der Waals surface area (Å²) in [4.78, 5) is 13.1. The van der Waals surface area contributed by atoms with E-state index in [0.29, 0.717) is 12.3 Å². The van der Waals surface area contributed by atoms with Crippen LogP contribution < -0.4 is 4.74 Å². The van der Waals surface area contributed by atoms with Crippen molar-refractivity contribution in [2.45, 2.75) is 6.92 Å². The Morgan fingerprint density at radius 1 is 1.53 bits per heavy atom. The fourth-order valence-corrected chi connectivity index (χ4v) is 1.37. The number of ether oxygens (including phenoxy) is 1. The van der Waals surface area contributed by atoms with E-state index in [-0.39, 0.29) is 25.7 Å². The van der Waals surface area contributed by atoms with Gasteiger partial charge < -0.3 is 14.7 Å².